The highest BCUT2D eigenvalue weighted by atomic mass is 32.1. The maximum atomic E-state index is 2.12. The van der Waals surface area contributed by atoms with E-state index in [1.54, 1.807) is 11.3 Å². The molecule has 0 bridgehead atoms. The number of benzene rings is 2. The topological polar surface area (TPSA) is 0 Å². The first-order valence-corrected chi connectivity index (χ1v) is 6.15. The Bertz CT molecular complexity index is 440. The largest absolute Gasteiger partial charge is 0.211 e. The minimum absolute atomic E-state index is 1.31. The lowest BCUT2D eigenvalue weighted by Crippen LogP contribution is -1.67. The van der Waals surface area contributed by atoms with Crippen LogP contribution in [-0.2, 0) is 0 Å². The molecule has 0 unspecified atom stereocenters. The van der Waals surface area contributed by atoms with Crippen molar-refractivity contribution in [3.63, 3.8) is 0 Å². The van der Waals surface area contributed by atoms with Crippen LogP contribution in [0.25, 0.3) is 10.8 Å². The van der Waals surface area contributed by atoms with Crippen LogP contribution in [0.15, 0.2) is 77.5 Å². The summed E-state index contributed by atoms with van der Waals surface area (Å²) in [5.74, 6) is 0. The van der Waals surface area contributed by atoms with Gasteiger partial charge in [-0.15, -0.1) is 0 Å². The number of hydrogen-bond acceptors (Lipinski definition) is 0. The smallest absolute Gasteiger partial charge is 0.0616 e. The fourth-order valence-electron chi connectivity index (χ4n) is 1.42. The SMILES string of the molecule is c1cc[s+]cc1.c1ccc2ccccc2c1. The van der Waals surface area contributed by atoms with Crippen molar-refractivity contribution in [2.45, 2.75) is 0 Å². The van der Waals surface area contributed by atoms with Gasteiger partial charge in [0.2, 0.25) is 11.3 Å². The third-order valence-electron chi connectivity index (χ3n) is 2.20. The van der Waals surface area contributed by atoms with E-state index in [-0.39, 0.29) is 0 Å². The van der Waals surface area contributed by atoms with Crippen molar-refractivity contribution in [3.8, 4) is 0 Å². The Kier molecular flexibility index (Phi) is 4.03. The van der Waals surface area contributed by atoms with Crippen molar-refractivity contribution in [3.05, 3.63) is 77.5 Å². The normalized spacial score (nSPS) is 9.25. The van der Waals surface area contributed by atoms with E-state index >= 15 is 0 Å². The van der Waals surface area contributed by atoms with E-state index in [0.29, 0.717) is 0 Å². The van der Waals surface area contributed by atoms with Crippen molar-refractivity contribution >= 4 is 22.1 Å². The minimum atomic E-state index is 1.31. The molecular weight excluding hydrogens is 212 g/mol. The highest BCUT2D eigenvalue weighted by Crippen LogP contribution is 2.11. The average molecular weight is 225 g/mol. The minimum Gasteiger partial charge on any atom is -0.0616 e. The van der Waals surface area contributed by atoms with Gasteiger partial charge < -0.3 is 0 Å². The molecule has 1 heterocycles. The van der Waals surface area contributed by atoms with Crippen LogP contribution in [0.3, 0.4) is 0 Å². The summed E-state index contributed by atoms with van der Waals surface area (Å²) < 4.78 is 0. The molecule has 0 spiro atoms. The molecule has 1 aromatic heterocycles. The van der Waals surface area contributed by atoms with Gasteiger partial charge in [0.15, 0.2) is 10.8 Å². The van der Waals surface area contributed by atoms with Gasteiger partial charge in [0.1, 0.15) is 0 Å². The van der Waals surface area contributed by atoms with Gasteiger partial charge in [-0.3, -0.25) is 0 Å². The molecule has 0 radical (unpaired) electrons. The maximum absolute atomic E-state index is 2.12. The van der Waals surface area contributed by atoms with Crippen molar-refractivity contribution in [2.24, 2.45) is 0 Å². The molecule has 16 heavy (non-hydrogen) atoms. The fraction of sp³-hybridized carbons (Fsp3) is 0. The van der Waals surface area contributed by atoms with E-state index in [0.717, 1.165) is 0 Å². The number of rotatable bonds is 0. The summed E-state index contributed by atoms with van der Waals surface area (Å²) in [5, 5.41) is 6.70. The third-order valence-corrected chi connectivity index (χ3v) is 2.82. The Hall–Kier alpha value is -1.73. The van der Waals surface area contributed by atoms with Gasteiger partial charge in [0.25, 0.3) is 0 Å². The second-order valence-corrected chi connectivity index (χ2v) is 4.15. The highest BCUT2D eigenvalue weighted by Gasteiger charge is 1.85. The summed E-state index contributed by atoms with van der Waals surface area (Å²) in [7, 11) is 0. The summed E-state index contributed by atoms with van der Waals surface area (Å²) in [6.07, 6.45) is 0. The monoisotopic (exact) mass is 225 g/mol. The lowest BCUT2D eigenvalue weighted by molar-refractivity contribution is 1.75. The quantitative estimate of drug-likeness (QED) is 0.479. The van der Waals surface area contributed by atoms with Gasteiger partial charge in [-0.2, -0.15) is 0 Å². The van der Waals surface area contributed by atoms with E-state index < -0.39 is 0 Å². The Labute approximate surface area is 99.8 Å². The molecule has 0 saturated heterocycles. The molecule has 3 rings (SSSR count). The van der Waals surface area contributed by atoms with Crippen LogP contribution >= 0.6 is 11.3 Å². The number of fused-ring (bicyclic) bond motifs is 1. The summed E-state index contributed by atoms with van der Waals surface area (Å²) in [5.41, 5.74) is 0. The van der Waals surface area contributed by atoms with Crippen molar-refractivity contribution in [2.75, 3.05) is 0 Å². The molecule has 0 amide bonds. The Morgan fingerprint density at radius 3 is 1.19 bits per heavy atom. The van der Waals surface area contributed by atoms with Crippen LogP contribution in [-0.4, -0.2) is 0 Å². The van der Waals surface area contributed by atoms with E-state index in [1.165, 1.54) is 10.8 Å². The predicted octanol–water partition coefficient (Wildman–Crippen LogP) is 4.87. The molecular formula is C15H13S+. The van der Waals surface area contributed by atoms with Crippen LogP contribution in [0.2, 0.25) is 0 Å². The first-order chi connectivity index (χ1) is 7.97. The highest BCUT2D eigenvalue weighted by molar-refractivity contribution is 7.07. The van der Waals surface area contributed by atoms with Gasteiger partial charge >= 0.3 is 0 Å². The first kappa shape index (κ1) is 10.8. The van der Waals surface area contributed by atoms with Crippen LogP contribution in [0.1, 0.15) is 0 Å². The molecule has 0 aliphatic rings. The van der Waals surface area contributed by atoms with Crippen LogP contribution in [0, 0.1) is 0 Å². The lowest BCUT2D eigenvalue weighted by atomic mass is 10.1. The summed E-state index contributed by atoms with van der Waals surface area (Å²) >= 11 is 1.70. The van der Waals surface area contributed by atoms with Crippen molar-refractivity contribution in [1.29, 1.82) is 0 Å². The van der Waals surface area contributed by atoms with Gasteiger partial charge in [-0.1, -0.05) is 54.6 Å². The van der Waals surface area contributed by atoms with Crippen LogP contribution in [0.5, 0.6) is 0 Å². The van der Waals surface area contributed by atoms with E-state index in [1.807, 2.05) is 29.0 Å². The van der Waals surface area contributed by atoms with Gasteiger partial charge in [0, 0.05) is 0 Å². The predicted molar refractivity (Wildman–Crippen MR) is 72.7 cm³/mol. The molecule has 0 atom stereocenters. The zero-order valence-electron chi connectivity index (χ0n) is 8.91. The zero-order valence-corrected chi connectivity index (χ0v) is 9.73. The molecule has 0 saturated carbocycles. The molecule has 78 valence electrons. The fourth-order valence-corrected chi connectivity index (χ4v) is 1.88. The van der Waals surface area contributed by atoms with Crippen LogP contribution < -0.4 is 0 Å². The molecule has 3 aromatic rings. The Balaban J connectivity index is 0.000000138. The Morgan fingerprint density at radius 2 is 0.938 bits per heavy atom. The summed E-state index contributed by atoms with van der Waals surface area (Å²) in [4.78, 5) is 0. The second-order valence-electron chi connectivity index (χ2n) is 3.33. The molecule has 0 aliphatic heterocycles. The molecule has 0 fully saturated rings. The summed E-state index contributed by atoms with van der Waals surface area (Å²) in [6, 6.07) is 22.8. The molecule has 0 nitrogen and oxygen atoms in total. The zero-order chi connectivity index (χ0) is 11.1. The second kappa shape index (κ2) is 5.99. The molecule has 2 aromatic carbocycles. The average Bonchev–Trinajstić information content (AvgIpc) is 2.42. The van der Waals surface area contributed by atoms with Crippen molar-refractivity contribution < 1.29 is 0 Å². The van der Waals surface area contributed by atoms with E-state index in [9.17, 15) is 0 Å². The van der Waals surface area contributed by atoms with Crippen molar-refractivity contribution in [1.82, 2.24) is 0 Å². The van der Waals surface area contributed by atoms with E-state index in [4.69, 9.17) is 0 Å². The molecule has 1 heteroatoms. The third kappa shape index (κ3) is 3.14. The maximum Gasteiger partial charge on any atom is 0.211 e. The van der Waals surface area contributed by atoms with Crippen LogP contribution in [0.4, 0.5) is 0 Å². The van der Waals surface area contributed by atoms with Gasteiger partial charge in [-0.05, 0) is 22.9 Å². The first-order valence-electron chi connectivity index (χ1n) is 5.21. The van der Waals surface area contributed by atoms with E-state index in [2.05, 4.69) is 48.5 Å². The lowest BCUT2D eigenvalue weighted by Gasteiger charge is -1.92. The summed E-state index contributed by atoms with van der Waals surface area (Å²) in [6.45, 7) is 0. The molecule has 0 N–H and O–H groups in total. The number of hydrogen-bond donors (Lipinski definition) is 0. The van der Waals surface area contributed by atoms with Gasteiger partial charge in [-0.25, -0.2) is 0 Å². The Morgan fingerprint density at radius 1 is 0.500 bits per heavy atom. The molecule has 0 aliphatic carbocycles. The standard InChI is InChI=1S/C10H8.C5H5S/c1-2-6-10-8-4-3-7-9(10)5-1;1-2-4-6-5-3-1/h1-8H;1-5H/q;+1. The van der Waals surface area contributed by atoms with Gasteiger partial charge in [0.05, 0.1) is 0 Å².